The number of nitrogens with one attached hydrogen (secondary N) is 2. The van der Waals surface area contributed by atoms with E-state index in [2.05, 4.69) is 10.6 Å². The van der Waals surface area contributed by atoms with Gasteiger partial charge in [0.15, 0.2) is 0 Å². The van der Waals surface area contributed by atoms with Crippen LogP contribution in [0.15, 0.2) is 58.9 Å². The predicted octanol–water partition coefficient (Wildman–Crippen LogP) is 2.72. The molecule has 0 bridgehead atoms. The van der Waals surface area contributed by atoms with Gasteiger partial charge in [-0.05, 0) is 36.8 Å². The monoisotopic (exact) mass is 281 g/mol. The molecule has 2 aromatic rings. The van der Waals surface area contributed by atoms with Gasteiger partial charge in [-0.25, -0.2) is 0 Å². The molecule has 2 N–H and O–H groups in total. The third kappa shape index (κ3) is 4.25. The van der Waals surface area contributed by atoms with Crippen LogP contribution in [0.25, 0.3) is 0 Å². The highest BCUT2D eigenvalue weighted by Gasteiger charge is 2.09. The Balaban J connectivity index is 1.96. The Morgan fingerprint density at radius 3 is 2.90 bits per heavy atom. The van der Waals surface area contributed by atoms with E-state index in [0.717, 1.165) is 11.3 Å². The van der Waals surface area contributed by atoms with Crippen molar-refractivity contribution in [1.29, 1.82) is 5.26 Å². The van der Waals surface area contributed by atoms with Crippen LogP contribution < -0.4 is 10.6 Å². The fourth-order valence-electron chi connectivity index (χ4n) is 1.71. The maximum absolute atomic E-state index is 11.9. The molecule has 0 fully saturated rings. The number of anilines is 1. The summed E-state index contributed by atoms with van der Waals surface area (Å²) in [6.45, 7) is 2.21. The van der Waals surface area contributed by atoms with Gasteiger partial charge in [0.1, 0.15) is 17.4 Å². The van der Waals surface area contributed by atoms with Crippen molar-refractivity contribution in [2.24, 2.45) is 0 Å². The number of amides is 1. The standard InChI is InChI=1S/C16H15N3O2/c1-12-4-2-5-14(8-12)18-10-13(9-17)16(20)19-11-15-6-3-7-21-15/h2-8,10,18H,11H2,1H3,(H,19,20)/b13-10-. The molecule has 1 aromatic heterocycles. The highest BCUT2D eigenvalue weighted by Crippen LogP contribution is 2.10. The Morgan fingerprint density at radius 1 is 1.38 bits per heavy atom. The molecule has 5 nitrogen and oxygen atoms in total. The Labute approximate surface area is 122 Å². The summed E-state index contributed by atoms with van der Waals surface area (Å²) in [4.78, 5) is 11.9. The van der Waals surface area contributed by atoms with Crippen molar-refractivity contribution < 1.29 is 9.21 Å². The Hall–Kier alpha value is -3.00. The molecular weight excluding hydrogens is 266 g/mol. The van der Waals surface area contributed by atoms with Gasteiger partial charge in [0, 0.05) is 11.9 Å². The van der Waals surface area contributed by atoms with Gasteiger partial charge in [0.2, 0.25) is 0 Å². The van der Waals surface area contributed by atoms with E-state index in [1.165, 1.54) is 12.5 Å². The van der Waals surface area contributed by atoms with Crippen LogP contribution in [0.1, 0.15) is 11.3 Å². The Bertz CT molecular complexity index is 682. The lowest BCUT2D eigenvalue weighted by Gasteiger charge is -2.04. The van der Waals surface area contributed by atoms with Crippen molar-refractivity contribution in [3.63, 3.8) is 0 Å². The lowest BCUT2D eigenvalue weighted by atomic mass is 10.2. The molecule has 0 aliphatic heterocycles. The summed E-state index contributed by atoms with van der Waals surface area (Å²) in [7, 11) is 0. The number of benzene rings is 1. The molecule has 106 valence electrons. The smallest absolute Gasteiger partial charge is 0.263 e. The topological polar surface area (TPSA) is 78.1 Å². The van der Waals surface area contributed by atoms with Crippen LogP contribution in [0.2, 0.25) is 0 Å². The second-order valence-electron chi connectivity index (χ2n) is 4.45. The highest BCUT2D eigenvalue weighted by molar-refractivity contribution is 5.97. The van der Waals surface area contributed by atoms with Crippen molar-refractivity contribution in [3.8, 4) is 6.07 Å². The molecule has 0 atom stereocenters. The van der Waals surface area contributed by atoms with Gasteiger partial charge in [-0.15, -0.1) is 0 Å². The number of carbonyl (C=O) groups excluding carboxylic acids is 1. The number of aryl methyl sites for hydroxylation is 1. The second kappa shape index (κ2) is 6.96. The first-order valence-corrected chi connectivity index (χ1v) is 6.43. The van der Waals surface area contributed by atoms with Crippen molar-refractivity contribution in [1.82, 2.24) is 5.32 Å². The van der Waals surface area contributed by atoms with Crippen LogP contribution in [0.5, 0.6) is 0 Å². The molecule has 21 heavy (non-hydrogen) atoms. The number of carbonyl (C=O) groups is 1. The molecular formula is C16H15N3O2. The average molecular weight is 281 g/mol. The second-order valence-corrected chi connectivity index (χ2v) is 4.45. The van der Waals surface area contributed by atoms with Gasteiger partial charge in [-0.2, -0.15) is 5.26 Å². The number of hydrogen-bond acceptors (Lipinski definition) is 4. The quantitative estimate of drug-likeness (QED) is 0.652. The van der Waals surface area contributed by atoms with Gasteiger partial charge >= 0.3 is 0 Å². The summed E-state index contributed by atoms with van der Waals surface area (Å²) < 4.78 is 5.11. The zero-order valence-electron chi connectivity index (χ0n) is 11.6. The molecule has 0 aliphatic carbocycles. The van der Waals surface area contributed by atoms with Crippen LogP contribution in [-0.4, -0.2) is 5.91 Å². The fraction of sp³-hybridized carbons (Fsp3) is 0.125. The van der Waals surface area contributed by atoms with Crippen molar-refractivity contribution in [2.45, 2.75) is 13.5 Å². The van der Waals surface area contributed by atoms with Crippen LogP contribution in [0.3, 0.4) is 0 Å². The normalized spacial score (nSPS) is 10.8. The van der Waals surface area contributed by atoms with E-state index in [-0.39, 0.29) is 12.1 Å². The van der Waals surface area contributed by atoms with Crippen LogP contribution >= 0.6 is 0 Å². The number of furan rings is 1. The molecule has 0 saturated heterocycles. The van der Waals surface area contributed by atoms with Crippen molar-refractivity contribution >= 4 is 11.6 Å². The first kappa shape index (κ1) is 14.4. The van der Waals surface area contributed by atoms with Crippen LogP contribution in [0.4, 0.5) is 5.69 Å². The van der Waals surface area contributed by atoms with Crippen molar-refractivity contribution in [2.75, 3.05) is 5.32 Å². The fourth-order valence-corrected chi connectivity index (χ4v) is 1.71. The lowest BCUT2D eigenvalue weighted by Crippen LogP contribution is -2.24. The van der Waals surface area contributed by atoms with E-state index in [1.807, 2.05) is 37.3 Å². The van der Waals surface area contributed by atoms with E-state index >= 15 is 0 Å². The largest absolute Gasteiger partial charge is 0.467 e. The number of nitriles is 1. The maximum Gasteiger partial charge on any atom is 0.263 e. The molecule has 2 rings (SSSR count). The van der Waals surface area contributed by atoms with Gasteiger partial charge in [0.05, 0.1) is 12.8 Å². The molecule has 0 saturated carbocycles. The molecule has 0 spiro atoms. The molecule has 5 heteroatoms. The van der Waals surface area contributed by atoms with Gasteiger partial charge in [0.25, 0.3) is 5.91 Å². The summed E-state index contributed by atoms with van der Waals surface area (Å²) in [5, 5.41) is 14.6. The zero-order valence-corrected chi connectivity index (χ0v) is 11.6. The van der Waals surface area contributed by atoms with Crippen molar-refractivity contribution in [3.05, 3.63) is 65.8 Å². The minimum Gasteiger partial charge on any atom is -0.467 e. The Kier molecular flexibility index (Phi) is 4.78. The number of nitrogens with zero attached hydrogens (tertiary/aromatic N) is 1. The summed E-state index contributed by atoms with van der Waals surface area (Å²) in [6.07, 6.45) is 2.92. The average Bonchev–Trinajstić information content (AvgIpc) is 2.99. The molecule has 1 heterocycles. The molecule has 1 amide bonds. The first-order valence-electron chi connectivity index (χ1n) is 6.43. The summed E-state index contributed by atoms with van der Waals surface area (Å²) >= 11 is 0. The lowest BCUT2D eigenvalue weighted by molar-refractivity contribution is -0.117. The predicted molar refractivity (Wildman–Crippen MR) is 79.1 cm³/mol. The van der Waals surface area contributed by atoms with E-state index in [0.29, 0.717) is 5.76 Å². The third-order valence-electron chi connectivity index (χ3n) is 2.77. The highest BCUT2D eigenvalue weighted by atomic mass is 16.3. The molecule has 0 radical (unpaired) electrons. The van der Waals surface area contributed by atoms with Gasteiger partial charge in [-0.1, -0.05) is 12.1 Å². The summed E-state index contributed by atoms with van der Waals surface area (Å²) in [5.74, 6) is 0.182. The zero-order chi connectivity index (χ0) is 15.1. The third-order valence-corrected chi connectivity index (χ3v) is 2.77. The molecule has 0 unspecified atom stereocenters. The molecule has 1 aromatic carbocycles. The number of hydrogen-bond donors (Lipinski definition) is 2. The Morgan fingerprint density at radius 2 is 2.24 bits per heavy atom. The van der Waals surface area contributed by atoms with Gasteiger partial charge < -0.3 is 15.1 Å². The van der Waals surface area contributed by atoms with E-state index < -0.39 is 5.91 Å². The summed E-state index contributed by atoms with van der Waals surface area (Å²) in [6, 6.07) is 13.0. The number of rotatable bonds is 5. The maximum atomic E-state index is 11.9. The summed E-state index contributed by atoms with van der Waals surface area (Å²) in [5.41, 5.74) is 1.92. The first-order chi connectivity index (χ1) is 10.2. The van der Waals surface area contributed by atoms with E-state index in [4.69, 9.17) is 9.68 Å². The van der Waals surface area contributed by atoms with E-state index in [9.17, 15) is 4.79 Å². The SMILES string of the molecule is Cc1cccc(N/C=C(/C#N)C(=O)NCc2ccco2)c1. The minimum atomic E-state index is -0.450. The minimum absolute atomic E-state index is 0.00284. The van der Waals surface area contributed by atoms with Crippen LogP contribution in [-0.2, 0) is 11.3 Å². The van der Waals surface area contributed by atoms with Crippen LogP contribution in [0, 0.1) is 18.3 Å². The molecule has 0 aliphatic rings. The van der Waals surface area contributed by atoms with E-state index in [1.54, 1.807) is 12.1 Å². The van der Waals surface area contributed by atoms with Gasteiger partial charge in [-0.3, -0.25) is 4.79 Å².